The second-order valence-electron chi connectivity index (χ2n) is 4.42. The summed E-state index contributed by atoms with van der Waals surface area (Å²) in [6, 6.07) is 0. The molecule has 2 amide bonds. The summed E-state index contributed by atoms with van der Waals surface area (Å²) in [4.78, 5) is 23.6. The third kappa shape index (κ3) is 7.19. The van der Waals surface area contributed by atoms with Gasteiger partial charge in [-0.25, -0.2) is 0 Å². The summed E-state index contributed by atoms with van der Waals surface area (Å²) < 4.78 is 1.40. The normalized spacial score (nSPS) is 13.0. The molecule has 0 aliphatic heterocycles. The molecule has 1 heterocycles. The molecule has 1 rings (SSSR count). The Labute approximate surface area is 148 Å². The maximum absolute atomic E-state index is 11.8. The summed E-state index contributed by atoms with van der Waals surface area (Å²) in [5, 5.41) is 13.0. The molecule has 23 heavy (non-hydrogen) atoms. The van der Waals surface area contributed by atoms with E-state index >= 15 is 0 Å². The third-order valence-corrected chi connectivity index (χ3v) is 5.81. The second-order valence-corrected chi connectivity index (χ2v) is 8.58. The van der Waals surface area contributed by atoms with E-state index in [9.17, 15) is 9.59 Å². The molecule has 0 aromatic carbocycles. The molecule has 0 bridgehead atoms. The van der Waals surface area contributed by atoms with Gasteiger partial charge in [-0.3, -0.25) is 9.59 Å². The molecular weight excluding hydrogens is 352 g/mol. The van der Waals surface area contributed by atoms with Crippen molar-refractivity contribution in [3.8, 4) is 0 Å². The number of hydrogen-bond acceptors (Lipinski definition) is 7. The van der Waals surface area contributed by atoms with Gasteiger partial charge in [0.25, 0.3) is 0 Å². The predicted octanol–water partition coefficient (Wildman–Crippen LogP) is 2.10. The number of amides is 2. The first-order valence-corrected chi connectivity index (χ1v) is 9.49. The van der Waals surface area contributed by atoms with E-state index in [1.165, 1.54) is 34.9 Å². The quantitative estimate of drug-likeness (QED) is 0.483. The van der Waals surface area contributed by atoms with Gasteiger partial charge in [0.05, 0.1) is 10.5 Å². The first kappa shape index (κ1) is 19.7. The summed E-state index contributed by atoms with van der Waals surface area (Å²) in [5.41, 5.74) is 0. The van der Waals surface area contributed by atoms with E-state index in [-0.39, 0.29) is 22.3 Å². The summed E-state index contributed by atoms with van der Waals surface area (Å²) >= 11 is 4.06. The van der Waals surface area contributed by atoms with Crippen molar-refractivity contribution >= 4 is 46.7 Å². The number of carbonyl (C=O) groups is 2. The van der Waals surface area contributed by atoms with Crippen LogP contribution in [0.1, 0.15) is 13.8 Å². The molecule has 1 aromatic rings. The van der Waals surface area contributed by atoms with Crippen LogP contribution in [0.25, 0.3) is 0 Å². The molecule has 9 heteroatoms. The standard InChI is InChI=1S/C14H20N4O2S3/c1-5-7-15-11(19)9(3)21-13-17-18-14(23-13)22-10(4)12(20)16-8-6-2/h5-6,9-10H,1-2,7-8H2,3-4H3,(H,15,19)(H,16,20). The van der Waals surface area contributed by atoms with Crippen molar-refractivity contribution in [3.63, 3.8) is 0 Å². The van der Waals surface area contributed by atoms with Crippen molar-refractivity contribution in [2.45, 2.75) is 33.0 Å². The highest BCUT2D eigenvalue weighted by atomic mass is 32.2. The molecular formula is C14H20N4O2S3. The van der Waals surface area contributed by atoms with E-state index in [0.29, 0.717) is 21.8 Å². The summed E-state index contributed by atoms with van der Waals surface area (Å²) in [6.45, 7) is 11.6. The minimum absolute atomic E-state index is 0.0727. The first-order chi connectivity index (χ1) is 11.0. The number of thioether (sulfide) groups is 2. The lowest BCUT2D eigenvalue weighted by atomic mass is 10.4. The van der Waals surface area contributed by atoms with Gasteiger partial charge < -0.3 is 10.6 Å². The van der Waals surface area contributed by atoms with Gasteiger partial charge in [0, 0.05) is 13.1 Å². The van der Waals surface area contributed by atoms with Gasteiger partial charge in [0.2, 0.25) is 11.8 Å². The monoisotopic (exact) mass is 372 g/mol. The molecule has 0 aliphatic rings. The number of carbonyl (C=O) groups excluding carboxylic acids is 2. The minimum atomic E-state index is -0.269. The van der Waals surface area contributed by atoms with E-state index in [2.05, 4.69) is 34.0 Å². The van der Waals surface area contributed by atoms with Crippen molar-refractivity contribution in [3.05, 3.63) is 25.3 Å². The zero-order valence-corrected chi connectivity index (χ0v) is 15.5. The molecule has 0 aliphatic carbocycles. The van der Waals surface area contributed by atoms with E-state index in [1.807, 2.05) is 13.8 Å². The van der Waals surface area contributed by atoms with Crippen LogP contribution in [0, 0.1) is 0 Å². The Kier molecular flexibility index (Phi) is 8.97. The predicted molar refractivity (Wildman–Crippen MR) is 97.0 cm³/mol. The number of hydrogen-bond donors (Lipinski definition) is 2. The van der Waals surface area contributed by atoms with Crippen LogP contribution in [0.3, 0.4) is 0 Å². The summed E-state index contributed by atoms with van der Waals surface area (Å²) in [6.07, 6.45) is 3.27. The van der Waals surface area contributed by atoms with Crippen LogP contribution in [0.5, 0.6) is 0 Å². The lowest BCUT2D eigenvalue weighted by Crippen LogP contribution is -2.30. The second kappa shape index (κ2) is 10.5. The van der Waals surface area contributed by atoms with Crippen LogP contribution < -0.4 is 10.6 Å². The molecule has 6 nitrogen and oxygen atoms in total. The van der Waals surface area contributed by atoms with Crippen molar-refractivity contribution < 1.29 is 9.59 Å². The van der Waals surface area contributed by atoms with Crippen LogP contribution in [0.2, 0.25) is 0 Å². The molecule has 0 saturated carbocycles. The van der Waals surface area contributed by atoms with Crippen molar-refractivity contribution in [2.75, 3.05) is 13.1 Å². The highest BCUT2D eigenvalue weighted by Gasteiger charge is 2.19. The van der Waals surface area contributed by atoms with Crippen LogP contribution >= 0.6 is 34.9 Å². The third-order valence-electron chi connectivity index (χ3n) is 2.52. The van der Waals surface area contributed by atoms with Crippen LogP contribution in [-0.2, 0) is 9.59 Å². The Morgan fingerprint density at radius 3 is 1.78 bits per heavy atom. The van der Waals surface area contributed by atoms with Gasteiger partial charge in [0.1, 0.15) is 0 Å². The summed E-state index contributed by atoms with van der Waals surface area (Å²) in [7, 11) is 0. The van der Waals surface area contributed by atoms with Crippen molar-refractivity contribution in [1.82, 2.24) is 20.8 Å². The van der Waals surface area contributed by atoms with Crippen molar-refractivity contribution in [1.29, 1.82) is 0 Å². The van der Waals surface area contributed by atoms with Gasteiger partial charge in [0.15, 0.2) is 8.68 Å². The smallest absolute Gasteiger partial charge is 0.233 e. The largest absolute Gasteiger partial charge is 0.352 e. The molecule has 0 fully saturated rings. The molecule has 2 atom stereocenters. The number of nitrogens with zero attached hydrogens (tertiary/aromatic N) is 2. The average molecular weight is 373 g/mol. The number of rotatable bonds is 10. The first-order valence-electron chi connectivity index (χ1n) is 6.92. The zero-order valence-electron chi connectivity index (χ0n) is 13.1. The van der Waals surface area contributed by atoms with Gasteiger partial charge >= 0.3 is 0 Å². The fourth-order valence-electron chi connectivity index (χ4n) is 1.33. The topological polar surface area (TPSA) is 84.0 Å². The van der Waals surface area contributed by atoms with Gasteiger partial charge in [-0.05, 0) is 13.8 Å². The van der Waals surface area contributed by atoms with Crippen LogP contribution in [0.4, 0.5) is 0 Å². The fourth-order valence-corrected chi connectivity index (χ4v) is 4.69. The van der Waals surface area contributed by atoms with Gasteiger partial charge in [-0.2, -0.15) is 0 Å². The Balaban J connectivity index is 2.50. The SMILES string of the molecule is C=CCNC(=O)C(C)Sc1nnc(SC(C)C(=O)NCC=C)s1. The molecule has 1 aromatic heterocycles. The molecule has 0 spiro atoms. The summed E-state index contributed by atoms with van der Waals surface area (Å²) in [5.74, 6) is -0.145. The van der Waals surface area contributed by atoms with Crippen LogP contribution in [-0.4, -0.2) is 45.6 Å². The Bertz CT molecular complexity index is 515. The number of nitrogens with one attached hydrogen (secondary N) is 2. The van der Waals surface area contributed by atoms with E-state index in [1.54, 1.807) is 12.2 Å². The molecule has 2 unspecified atom stereocenters. The van der Waals surface area contributed by atoms with Crippen molar-refractivity contribution in [2.24, 2.45) is 0 Å². The molecule has 126 valence electrons. The Morgan fingerprint density at radius 2 is 1.43 bits per heavy atom. The molecule has 0 saturated heterocycles. The van der Waals surface area contributed by atoms with E-state index in [4.69, 9.17) is 0 Å². The van der Waals surface area contributed by atoms with E-state index in [0.717, 1.165) is 0 Å². The highest BCUT2D eigenvalue weighted by molar-refractivity contribution is 8.04. The minimum Gasteiger partial charge on any atom is -0.352 e. The molecule has 0 radical (unpaired) electrons. The molecule has 2 N–H and O–H groups in total. The lowest BCUT2D eigenvalue weighted by molar-refractivity contribution is -0.120. The Hall–Kier alpha value is -1.32. The maximum Gasteiger partial charge on any atom is 0.233 e. The lowest BCUT2D eigenvalue weighted by Gasteiger charge is -2.08. The number of aromatic nitrogens is 2. The van der Waals surface area contributed by atoms with Gasteiger partial charge in [-0.1, -0.05) is 47.0 Å². The fraction of sp³-hybridized carbons (Fsp3) is 0.429. The highest BCUT2D eigenvalue weighted by Crippen LogP contribution is 2.33. The average Bonchev–Trinajstić information content (AvgIpc) is 2.96. The van der Waals surface area contributed by atoms with E-state index < -0.39 is 0 Å². The van der Waals surface area contributed by atoms with Crippen LogP contribution in [0.15, 0.2) is 34.0 Å². The Morgan fingerprint density at radius 1 is 1.04 bits per heavy atom. The maximum atomic E-state index is 11.8. The van der Waals surface area contributed by atoms with Gasteiger partial charge in [-0.15, -0.1) is 23.4 Å². The zero-order chi connectivity index (χ0) is 17.2.